The molecule has 0 fully saturated rings. The van der Waals surface area contributed by atoms with E-state index in [0.717, 1.165) is 15.8 Å². The van der Waals surface area contributed by atoms with Gasteiger partial charge in [-0.1, -0.05) is 15.9 Å². The number of carbonyl (C=O) groups is 1. The second-order valence-corrected chi connectivity index (χ2v) is 6.43. The van der Waals surface area contributed by atoms with Crippen LogP contribution in [0.1, 0.15) is 15.9 Å². The summed E-state index contributed by atoms with van der Waals surface area (Å²) in [5.41, 5.74) is 1.50. The SMILES string of the molecule is COc1ccc(Cn2nccc2NC(=O)c2ccc(Br)cc2)c(OC)c1. The summed E-state index contributed by atoms with van der Waals surface area (Å²) >= 11 is 3.36. The predicted octanol–water partition coefficient (Wildman–Crippen LogP) is 3.96. The van der Waals surface area contributed by atoms with E-state index in [0.29, 0.717) is 23.7 Å². The van der Waals surface area contributed by atoms with Crippen LogP contribution in [0.4, 0.5) is 5.82 Å². The molecule has 0 bridgehead atoms. The van der Waals surface area contributed by atoms with Crippen molar-refractivity contribution in [2.75, 3.05) is 19.5 Å². The first-order chi connectivity index (χ1) is 12.6. The first kappa shape index (κ1) is 18.0. The Morgan fingerprint density at radius 2 is 1.88 bits per heavy atom. The number of halogens is 1. The van der Waals surface area contributed by atoms with Gasteiger partial charge >= 0.3 is 0 Å². The van der Waals surface area contributed by atoms with Gasteiger partial charge in [-0.05, 0) is 36.4 Å². The molecule has 0 radical (unpaired) electrons. The van der Waals surface area contributed by atoms with E-state index in [2.05, 4.69) is 26.3 Å². The van der Waals surface area contributed by atoms with E-state index in [9.17, 15) is 4.79 Å². The Labute approximate surface area is 159 Å². The highest BCUT2D eigenvalue weighted by atomic mass is 79.9. The highest BCUT2D eigenvalue weighted by molar-refractivity contribution is 9.10. The third-order valence-electron chi connectivity index (χ3n) is 3.88. The topological polar surface area (TPSA) is 65.4 Å². The molecular weight excluding hydrogens is 398 g/mol. The van der Waals surface area contributed by atoms with Crippen LogP contribution in [0.5, 0.6) is 11.5 Å². The van der Waals surface area contributed by atoms with Crippen molar-refractivity contribution in [3.8, 4) is 11.5 Å². The van der Waals surface area contributed by atoms with Crippen LogP contribution in [0.25, 0.3) is 0 Å². The third kappa shape index (κ3) is 4.05. The lowest BCUT2D eigenvalue weighted by molar-refractivity contribution is 0.102. The second kappa shape index (κ2) is 8.05. The normalized spacial score (nSPS) is 10.4. The van der Waals surface area contributed by atoms with Gasteiger partial charge < -0.3 is 14.8 Å². The van der Waals surface area contributed by atoms with E-state index in [1.165, 1.54) is 0 Å². The molecule has 1 aromatic heterocycles. The first-order valence-electron chi connectivity index (χ1n) is 7.90. The van der Waals surface area contributed by atoms with Gasteiger partial charge in [0.2, 0.25) is 0 Å². The Balaban J connectivity index is 1.79. The lowest BCUT2D eigenvalue weighted by Gasteiger charge is -2.13. The van der Waals surface area contributed by atoms with Gasteiger partial charge in [0, 0.05) is 27.7 Å². The molecule has 26 heavy (non-hydrogen) atoms. The Morgan fingerprint density at radius 1 is 1.12 bits per heavy atom. The molecule has 3 aromatic rings. The van der Waals surface area contributed by atoms with Crippen LogP contribution in [0.3, 0.4) is 0 Å². The Morgan fingerprint density at radius 3 is 2.58 bits per heavy atom. The van der Waals surface area contributed by atoms with Crippen LogP contribution in [0.15, 0.2) is 59.2 Å². The van der Waals surface area contributed by atoms with Crippen molar-refractivity contribution in [1.82, 2.24) is 9.78 Å². The Hall–Kier alpha value is -2.80. The fraction of sp³-hybridized carbons (Fsp3) is 0.158. The van der Waals surface area contributed by atoms with E-state index in [1.807, 2.05) is 30.3 Å². The highest BCUT2D eigenvalue weighted by Crippen LogP contribution is 2.26. The molecule has 0 unspecified atom stereocenters. The molecular formula is C19H18BrN3O3. The fourth-order valence-electron chi connectivity index (χ4n) is 2.50. The summed E-state index contributed by atoms with van der Waals surface area (Å²) in [5, 5.41) is 7.19. The van der Waals surface area contributed by atoms with Gasteiger partial charge in [-0.25, -0.2) is 4.68 Å². The Kier molecular flexibility index (Phi) is 5.58. The zero-order valence-electron chi connectivity index (χ0n) is 14.4. The molecule has 1 amide bonds. The maximum Gasteiger partial charge on any atom is 0.256 e. The number of amides is 1. The number of methoxy groups -OCH3 is 2. The number of anilines is 1. The minimum Gasteiger partial charge on any atom is -0.497 e. The maximum atomic E-state index is 12.4. The molecule has 0 saturated heterocycles. The van der Waals surface area contributed by atoms with Crippen molar-refractivity contribution in [3.63, 3.8) is 0 Å². The molecule has 0 spiro atoms. The van der Waals surface area contributed by atoms with E-state index in [-0.39, 0.29) is 5.91 Å². The van der Waals surface area contributed by atoms with Crippen LogP contribution in [-0.2, 0) is 6.54 Å². The van der Waals surface area contributed by atoms with E-state index < -0.39 is 0 Å². The van der Waals surface area contributed by atoms with Crippen molar-refractivity contribution in [2.24, 2.45) is 0 Å². The monoisotopic (exact) mass is 415 g/mol. The van der Waals surface area contributed by atoms with E-state index in [4.69, 9.17) is 9.47 Å². The summed E-state index contributed by atoms with van der Waals surface area (Å²) in [6, 6.07) is 14.5. The zero-order valence-corrected chi connectivity index (χ0v) is 16.0. The number of aromatic nitrogens is 2. The smallest absolute Gasteiger partial charge is 0.256 e. The van der Waals surface area contributed by atoms with Gasteiger partial charge in [0.15, 0.2) is 0 Å². The minimum absolute atomic E-state index is 0.194. The first-order valence-corrected chi connectivity index (χ1v) is 8.69. The van der Waals surface area contributed by atoms with Crippen LogP contribution < -0.4 is 14.8 Å². The van der Waals surface area contributed by atoms with Crippen molar-refractivity contribution >= 4 is 27.7 Å². The number of hydrogen-bond acceptors (Lipinski definition) is 4. The van der Waals surface area contributed by atoms with Gasteiger partial charge in [0.1, 0.15) is 17.3 Å². The highest BCUT2D eigenvalue weighted by Gasteiger charge is 2.12. The molecule has 134 valence electrons. The quantitative estimate of drug-likeness (QED) is 0.661. The molecule has 0 saturated carbocycles. The van der Waals surface area contributed by atoms with E-state index in [1.54, 1.807) is 43.3 Å². The number of carbonyl (C=O) groups excluding carboxylic acids is 1. The lowest BCUT2D eigenvalue weighted by atomic mass is 10.2. The molecule has 6 nitrogen and oxygen atoms in total. The number of ether oxygens (including phenoxy) is 2. The molecule has 2 aromatic carbocycles. The minimum atomic E-state index is -0.194. The summed E-state index contributed by atoms with van der Waals surface area (Å²) < 4.78 is 13.3. The molecule has 3 rings (SSSR count). The fourth-order valence-corrected chi connectivity index (χ4v) is 2.76. The predicted molar refractivity (Wildman–Crippen MR) is 103 cm³/mol. The van der Waals surface area contributed by atoms with Crippen LogP contribution >= 0.6 is 15.9 Å². The Bertz CT molecular complexity index is 907. The number of rotatable bonds is 6. The largest absolute Gasteiger partial charge is 0.497 e. The number of hydrogen-bond donors (Lipinski definition) is 1. The average molecular weight is 416 g/mol. The van der Waals surface area contributed by atoms with Gasteiger partial charge in [-0.2, -0.15) is 5.10 Å². The summed E-state index contributed by atoms with van der Waals surface area (Å²) in [7, 11) is 3.22. The van der Waals surface area contributed by atoms with Gasteiger partial charge in [-0.15, -0.1) is 0 Å². The van der Waals surface area contributed by atoms with Gasteiger partial charge in [-0.3, -0.25) is 4.79 Å². The summed E-state index contributed by atoms with van der Waals surface area (Å²) in [5.74, 6) is 1.83. The van der Waals surface area contributed by atoms with Crippen molar-refractivity contribution in [3.05, 3.63) is 70.3 Å². The number of benzene rings is 2. The van der Waals surface area contributed by atoms with Crippen molar-refractivity contribution in [2.45, 2.75) is 6.54 Å². The molecule has 1 heterocycles. The van der Waals surface area contributed by atoms with Crippen molar-refractivity contribution in [1.29, 1.82) is 0 Å². The average Bonchev–Trinajstić information content (AvgIpc) is 3.09. The molecule has 0 atom stereocenters. The van der Waals surface area contributed by atoms with Gasteiger partial charge in [0.05, 0.1) is 27.0 Å². The van der Waals surface area contributed by atoms with E-state index >= 15 is 0 Å². The summed E-state index contributed by atoms with van der Waals surface area (Å²) in [6.07, 6.45) is 1.65. The van der Waals surface area contributed by atoms with Crippen molar-refractivity contribution < 1.29 is 14.3 Å². The molecule has 1 N–H and O–H groups in total. The molecule has 7 heteroatoms. The number of nitrogens with zero attached hydrogens (tertiary/aromatic N) is 2. The third-order valence-corrected chi connectivity index (χ3v) is 4.41. The molecule has 0 aliphatic rings. The molecule has 0 aliphatic carbocycles. The summed E-state index contributed by atoms with van der Waals surface area (Å²) in [6.45, 7) is 0.454. The van der Waals surface area contributed by atoms with Crippen LogP contribution in [0, 0.1) is 0 Å². The van der Waals surface area contributed by atoms with Crippen LogP contribution in [0.2, 0.25) is 0 Å². The second-order valence-electron chi connectivity index (χ2n) is 5.51. The molecule has 0 aliphatic heterocycles. The van der Waals surface area contributed by atoms with Crippen LogP contribution in [-0.4, -0.2) is 29.9 Å². The number of nitrogens with one attached hydrogen (secondary N) is 1. The summed E-state index contributed by atoms with van der Waals surface area (Å²) in [4.78, 5) is 12.4. The standard InChI is InChI=1S/C19H18BrN3O3/c1-25-16-8-5-14(17(11-16)26-2)12-23-18(9-10-21-23)22-19(24)13-3-6-15(20)7-4-13/h3-11H,12H2,1-2H3,(H,22,24). The van der Waals surface area contributed by atoms with Gasteiger partial charge in [0.25, 0.3) is 5.91 Å². The lowest BCUT2D eigenvalue weighted by Crippen LogP contribution is -2.16. The zero-order chi connectivity index (χ0) is 18.5. The maximum absolute atomic E-state index is 12.4.